The summed E-state index contributed by atoms with van der Waals surface area (Å²) in [4.78, 5) is 13.5. The van der Waals surface area contributed by atoms with Gasteiger partial charge < -0.3 is 5.73 Å². The van der Waals surface area contributed by atoms with Gasteiger partial charge in [0.25, 0.3) is 0 Å². The van der Waals surface area contributed by atoms with E-state index in [9.17, 15) is 4.79 Å². The molecule has 1 amide bonds. The first-order valence-corrected chi connectivity index (χ1v) is 6.24. The van der Waals surface area contributed by atoms with Gasteiger partial charge in [-0.15, -0.1) is 0 Å². The largest absolute Gasteiger partial charge is 0.366 e. The second-order valence-corrected chi connectivity index (χ2v) is 5.16. The summed E-state index contributed by atoms with van der Waals surface area (Å²) < 4.78 is 0. The van der Waals surface area contributed by atoms with E-state index in [1.54, 1.807) is 17.8 Å². The number of hydrogen-bond donors (Lipinski definition) is 1. The summed E-state index contributed by atoms with van der Waals surface area (Å²) in [7, 11) is 0. The normalized spacial score (nSPS) is 12.7. The average Bonchev–Trinajstić information content (AvgIpc) is 2.35. The van der Waals surface area contributed by atoms with Crippen LogP contribution in [0.15, 0.2) is 52.3 Å². The Morgan fingerprint density at radius 2 is 1.82 bits per heavy atom. The van der Waals surface area contributed by atoms with E-state index in [1.807, 2.05) is 18.2 Å². The van der Waals surface area contributed by atoms with E-state index in [0.29, 0.717) is 5.56 Å². The van der Waals surface area contributed by atoms with Crippen molar-refractivity contribution in [3.8, 4) is 0 Å². The van der Waals surface area contributed by atoms with Crippen molar-refractivity contribution in [2.75, 3.05) is 0 Å². The van der Waals surface area contributed by atoms with Crippen LogP contribution in [0.4, 0.5) is 0 Å². The summed E-state index contributed by atoms with van der Waals surface area (Å²) in [5, 5.41) is 0. The van der Waals surface area contributed by atoms with Crippen molar-refractivity contribution < 1.29 is 4.79 Å². The lowest BCUT2D eigenvalue weighted by atomic mass is 10.0. The van der Waals surface area contributed by atoms with E-state index in [2.05, 4.69) is 18.2 Å². The van der Waals surface area contributed by atoms with Crippen molar-refractivity contribution in [2.24, 2.45) is 5.73 Å². The maximum Gasteiger partial charge on any atom is 0.248 e. The van der Waals surface area contributed by atoms with E-state index < -0.39 is 0 Å². The van der Waals surface area contributed by atoms with Crippen LogP contribution in [0.5, 0.6) is 0 Å². The lowest BCUT2D eigenvalue weighted by molar-refractivity contribution is 0.1000. The van der Waals surface area contributed by atoms with Crippen LogP contribution < -0.4 is 5.73 Å². The molecular weight excluding hydrogens is 230 g/mol. The molecule has 1 heterocycles. The first-order chi connectivity index (χ1) is 8.24. The van der Waals surface area contributed by atoms with Crippen LogP contribution >= 0.6 is 11.8 Å². The molecule has 0 radical (unpaired) electrons. The highest BCUT2D eigenvalue weighted by molar-refractivity contribution is 7.99. The van der Waals surface area contributed by atoms with E-state index in [-0.39, 0.29) is 5.91 Å². The summed E-state index contributed by atoms with van der Waals surface area (Å²) in [5.41, 5.74) is 8.48. The first kappa shape index (κ1) is 10.4. The Kier molecular flexibility index (Phi) is 2.41. The molecule has 0 aliphatic carbocycles. The van der Waals surface area contributed by atoms with Crippen LogP contribution in [0.2, 0.25) is 0 Å². The van der Waals surface area contributed by atoms with Gasteiger partial charge in [-0.05, 0) is 35.7 Å². The lowest BCUT2D eigenvalue weighted by Crippen LogP contribution is -2.11. The Balaban J connectivity index is 2.06. The van der Waals surface area contributed by atoms with Crippen LogP contribution in [-0.4, -0.2) is 5.91 Å². The van der Waals surface area contributed by atoms with Crippen LogP contribution in [0.3, 0.4) is 0 Å². The first-order valence-electron chi connectivity index (χ1n) is 5.42. The molecule has 2 aromatic carbocycles. The van der Waals surface area contributed by atoms with Gasteiger partial charge in [-0.25, -0.2) is 0 Å². The van der Waals surface area contributed by atoms with E-state index in [0.717, 1.165) is 11.3 Å². The molecule has 2 aromatic rings. The molecule has 1 aliphatic heterocycles. The Labute approximate surface area is 104 Å². The van der Waals surface area contributed by atoms with E-state index in [1.165, 1.54) is 16.0 Å². The van der Waals surface area contributed by atoms with Gasteiger partial charge in [-0.1, -0.05) is 36.0 Å². The molecule has 2 nitrogen and oxygen atoms in total. The number of hydrogen-bond acceptors (Lipinski definition) is 2. The summed E-state index contributed by atoms with van der Waals surface area (Å²) in [6.07, 6.45) is 0.928. The molecule has 0 fully saturated rings. The van der Waals surface area contributed by atoms with E-state index >= 15 is 0 Å². The molecule has 0 saturated carbocycles. The minimum atomic E-state index is -0.368. The molecule has 3 rings (SSSR count). The molecule has 0 bridgehead atoms. The van der Waals surface area contributed by atoms with Gasteiger partial charge in [-0.2, -0.15) is 0 Å². The highest BCUT2D eigenvalue weighted by Gasteiger charge is 2.16. The topological polar surface area (TPSA) is 43.1 Å². The highest BCUT2D eigenvalue weighted by Crippen LogP contribution is 2.39. The second kappa shape index (κ2) is 3.93. The van der Waals surface area contributed by atoms with Gasteiger partial charge in [0.15, 0.2) is 0 Å². The van der Waals surface area contributed by atoms with Crippen molar-refractivity contribution >= 4 is 17.7 Å². The number of benzene rings is 2. The smallest absolute Gasteiger partial charge is 0.248 e. The Morgan fingerprint density at radius 3 is 2.65 bits per heavy atom. The number of amides is 1. The molecule has 2 N–H and O–H groups in total. The third-order valence-electron chi connectivity index (χ3n) is 2.93. The number of rotatable bonds is 1. The zero-order chi connectivity index (χ0) is 11.8. The number of nitrogens with two attached hydrogens (primary N) is 1. The van der Waals surface area contributed by atoms with Crippen molar-refractivity contribution in [3.05, 3.63) is 59.2 Å². The number of fused-ring (bicyclic) bond motifs is 2. The Morgan fingerprint density at radius 1 is 1.06 bits per heavy atom. The monoisotopic (exact) mass is 241 g/mol. The summed E-state index contributed by atoms with van der Waals surface area (Å²) >= 11 is 1.71. The molecule has 0 saturated heterocycles. The fourth-order valence-electron chi connectivity index (χ4n) is 2.02. The second-order valence-electron chi connectivity index (χ2n) is 4.07. The highest BCUT2D eigenvalue weighted by atomic mass is 32.2. The van der Waals surface area contributed by atoms with Gasteiger partial charge in [-0.3, -0.25) is 4.79 Å². The SMILES string of the molecule is NC(=O)c1ccc2c(c1)Sc1ccccc1C2. The Bertz CT molecular complexity index is 607. The maximum absolute atomic E-state index is 11.1. The van der Waals surface area contributed by atoms with Crippen molar-refractivity contribution in [1.29, 1.82) is 0 Å². The number of carbonyl (C=O) groups excluding carboxylic acids is 1. The van der Waals surface area contributed by atoms with Crippen molar-refractivity contribution in [3.63, 3.8) is 0 Å². The molecule has 17 heavy (non-hydrogen) atoms. The fraction of sp³-hybridized carbons (Fsp3) is 0.0714. The summed E-state index contributed by atoms with van der Waals surface area (Å²) in [5.74, 6) is -0.368. The minimum absolute atomic E-state index is 0.368. The zero-order valence-electron chi connectivity index (χ0n) is 9.14. The van der Waals surface area contributed by atoms with Gasteiger partial charge in [0, 0.05) is 15.4 Å². The van der Waals surface area contributed by atoms with Crippen molar-refractivity contribution in [1.82, 2.24) is 0 Å². The molecule has 1 aliphatic rings. The van der Waals surface area contributed by atoms with Crippen LogP contribution in [0.1, 0.15) is 21.5 Å². The van der Waals surface area contributed by atoms with Crippen molar-refractivity contribution in [2.45, 2.75) is 16.2 Å². The summed E-state index contributed by atoms with van der Waals surface area (Å²) in [6, 6.07) is 14.0. The van der Waals surface area contributed by atoms with Crippen LogP contribution in [-0.2, 0) is 6.42 Å². The molecule has 0 unspecified atom stereocenters. The minimum Gasteiger partial charge on any atom is -0.366 e. The maximum atomic E-state index is 11.1. The van der Waals surface area contributed by atoms with Crippen LogP contribution in [0, 0.1) is 0 Å². The quantitative estimate of drug-likeness (QED) is 0.712. The summed E-state index contributed by atoms with van der Waals surface area (Å²) in [6.45, 7) is 0. The third kappa shape index (κ3) is 1.83. The Hall–Kier alpha value is -1.74. The molecule has 84 valence electrons. The van der Waals surface area contributed by atoms with Gasteiger partial charge >= 0.3 is 0 Å². The van der Waals surface area contributed by atoms with Gasteiger partial charge in [0.1, 0.15) is 0 Å². The molecule has 0 aromatic heterocycles. The average molecular weight is 241 g/mol. The van der Waals surface area contributed by atoms with E-state index in [4.69, 9.17) is 5.73 Å². The number of carbonyl (C=O) groups is 1. The number of primary amides is 1. The standard InChI is InChI=1S/C14H11NOS/c15-14(16)11-6-5-10-7-9-3-1-2-4-12(9)17-13(10)8-11/h1-6,8H,7H2,(H2,15,16). The van der Waals surface area contributed by atoms with Crippen LogP contribution in [0.25, 0.3) is 0 Å². The predicted octanol–water partition coefficient (Wildman–Crippen LogP) is 2.84. The molecule has 3 heteroatoms. The molecular formula is C14H11NOS. The lowest BCUT2D eigenvalue weighted by Gasteiger charge is -2.18. The van der Waals surface area contributed by atoms with Gasteiger partial charge in [0.2, 0.25) is 5.91 Å². The third-order valence-corrected chi connectivity index (χ3v) is 4.14. The fourth-order valence-corrected chi connectivity index (χ4v) is 3.13. The molecule has 0 atom stereocenters. The molecule has 0 spiro atoms. The zero-order valence-corrected chi connectivity index (χ0v) is 9.96. The predicted molar refractivity (Wildman–Crippen MR) is 68.3 cm³/mol. The van der Waals surface area contributed by atoms with Gasteiger partial charge in [0.05, 0.1) is 0 Å².